The van der Waals surface area contributed by atoms with E-state index in [4.69, 9.17) is 25.8 Å². The van der Waals surface area contributed by atoms with Crippen LogP contribution in [0.1, 0.15) is 31.1 Å². The summed E-state index contributed by atoms with van der Waals surface area (Å²) in [6, 6.07) is 7.56. The van der Waals surface area contributed by atoms with E-state index in [0.29, 0.717) is 17.5 Å². The van der Waals surface area contributed by atoms with Gasteiger partial charge in [0.2, 0.25) is 0 Å². The third-order valence-corrected chi connectivity index (χ3v) is 5.13. The Bertz CT molecular complexity index is 969. The van der Waals surface area contributed by atoms with Crippen molar-refractivity contribution in [3.63, 3.8) is 0 Å². The summed E-state index contributed by atoms with van der Waals surface area (Å²) < 4.78 is 18.5. The number of halogens is 1. The standard InChI is InChI=1S/C20H23ClN4O3/c1-26-14-7-6-13(17(9-14)27-2)11-22-20-15-12-23-25(16(15)10-18(21)24-20)19-5-3-4-8-28-19/h6-7,9-10,12,19H,3-5,8,11H2,1-2H3,(H,22,24). The lowest BCUT2D eigenvalue weighted by molar-refractivity contribution is -0.0366. The van der Waals surface area contributed by atoms with Gasteiger partial charge >= 0.3 is 0 Å². The van der Waals surface area contributed by atoms with E-state index in [0.717, 1.165) is 53.8 Å². The summed E-state index contributed by atoms with van der Waals surface area (Å²) in [6.45, 7) is 1.29. The summed E-state index contributed by atoms with van der Waals surface area (Å²) in [4.78, 5) is 4.46. The van der Waals surface area contributed by atoms with Crippen LogP contribution in [0.15, 0.2) is 30.5 Å². The van der Waals surface area contributed by atoms with E-state index >= 15 is 0 Å². The molecule has 0 radical (unpaired) electrons. The van der Waals surface area contributed by atoms with Gasteiger partial charge in [-0.3, -0.25) is 0 Å². The summed E-state index contributed by atoms with van der Waals surface area (Å²) in [7, 11) is 3.27. The molecule has 1 aliphatic rings. The molecule has 0 saturated carbocycles. The Kier molecular flexibility index (Phi) is 5.54. The van der Waals surface area contributed by atoms with Crippen molar-refractivity contribution in [1.29, 1.82) is 0 Å². The SMILES string of the molecule is COc1ccc(CNc2nc(Cl)cc3c2cnn3C2CCCCO2)c(OC)c1. The van der Waals surface area contributed by atoms with E-state index in [1.165, 1.54) is 0 Å². The maximum Gasteiger partial charge on any atom is 0.150 e. The number of nitrogens with zero attached hydrogens (tertiary/aromatic N) is 3. The van der Waals surface area contributed by atoms with Gasteiger partial charge in [-0.15, -0.1) is 0 Å². The van der Waals surface area contributed by atoms with Crippen molar-refractivity contribution in [3.05, 3.63) is 41.2 Å². The molecule has 3 aromatic rings. The minimum absolute atomic E-state index is 0.0563. The molecule has 1 fully saturated rings. The molecule has 1 unspecified atom stereocenters. The highest BCUT2D eigenvalue weighted by Crippen LogP contribution is 2.31. The molecule has 1 saturated heterocycles. The Labute approximate surface area is 168 Å². The second kappa shape index (κ2) is 8.24. The molecule has 1 N–H and O–H groups in total. The van der Waals surface area contributed by atoms with Crippen molar-refractivity contribution in [2.75, 3.05) is 26.1 Å². The minimum Gasteiger partial charge on any atom is -0.497 e. The van der Waals surface area contributed by atoms with Crippen molar-refractivity contribution in [3.8, 4) is 11.5 Å². The first kappa shape index (κ1) is 18.8. The van der Waals surface area contributed by atoms with Gasteiger partial charge in [0.05, 0.1) is 31.3 Å². The van der Waals surface area contributed by atoms with Gasteiger partial charge in [0.25, 0.3) is 0 Å². The first-order chi connectivity index (χ1) is 13.7. The molecule has 1 atom stereocenters. The number of rotatable bonds is 6. The first-order valence-electron chi connectivity index (χ1n) is 9.29. The van der Waals surface area contributed by atoms with Crippen molar-refractivity contribution >= 4 is 28.3 Å². The van der Waals surface area contributed by atoms with Crippen LogP contribution in [0.2, 0.25) is 5.15 Å². The average molecular weight is 403 g/mol. The highest BCUT2D eigenvalue weighted by Gasteiger charge is 2.20. The highest BCUT2D eigenvalue weighted by molar-refractivity contribution is 6.30. The van der Waals surface area contributed by atoms with Gasteiger partial charge in [0, 0.05) is 30.8 Å². The van der Waals surface area contributed by atoms with Crippen LogP contribution in [0.25, 0.3) is 10.9 Å². The quantitative estimate of drug-likeness (QED) is 0.616. The lowest BCUT2D eigenvalue weighted by Gasteiger charge is -2.23. The van der Waals surface area contributed by atoms with Crippen LogP contribution >= 0.6 is 11.6 Å². The monoisotopic (exact) mass is 402 g/mol. The zero-order valence-electron chi connectivity index (χ0n) is 15.9. The van der Waals surface area contributed by atoms with Crippen molar-refractivity contribution in [1.82, 2.24) is 14.8 Å². The van der Waals surface area contributed by atoms with E-state index in [1.807, 2.05) is 35.1 Å². The Morgan fingerprint density at radius 1 is 1.25 bits per heavy atom. The van der Waals surface area contributed by atoms with E-state index < -0.39 is 0 Å². The van der Waals surface area contributed by atoms with E-state index in [2.05, 4.69) is 15.4 Å². The molecule has 4 rings (SSSR count). The number of hydrogen-bond acceptors (Lipinski definition) is 6. The Morgan fingerprint density at radius 3 is 2.89 bits per heavy atom. The molecule has 1 aliphatic heterocycles. The number of benzene rings is 1. The number of ether oxygens (including phenoxy) is 3. The maximum absolute atomic E-state index is 6.30. The van der Waals surface area contributed by atoms with Crippen LogP contribution in [0.3, 0.4) is 0 Å². The fraction of sp³-hybridized carbons (Fsp3) is 0.400. The summed E-state index contributed by atoms with van der Waals surface area (Å²) in [5.74, 6) is 2.18. The number of fused-ring (bicyclic) bond motifs is 1. The van der Waals surface area contributed by atoms with E-state index in [1.54, 1.807) is 14.2 Å². The first-order valence-corrected chi connectivity index (χ1v) is 9.67. The van der Waals surface area contributed by atoms with Gasteiger partial charge in [-0.1, -0.05) is 11.6 Å². The fourth-order valence-corrected chi connectivity index (χ4v) is 3.66. The molecule has 0 bridgehead atoms. The van der Waals surface area contributed by atoms with Gasteiger partial charge in [0.15, 0.2) is 6.23 Å². The lowest BCUT2D eigenvalue weighted by Crippen LogP contribution is -2.19. The fourth-order valence-electron chi connectivity index (χ4n) is 3.47. The topological polar surface area (TPSA) is 70.4 Å². The van der Waals surface area contributed by atoms with Crippen molar-refractivity contribution in [2.24, 2.45) is 0 Å². The molecule has 1 aromatic carbocycles. The smallest absolute Gasteiger partial charge is 0.150 e. The molecular formula is C20H23ClN4O3. The third-order valence-electron chi connectivity index (χ3n) is 4.93. The molecule has 0 aliphatic carbocycles. The van der Waals surface area contributed by atoms with Gasteiger partial charge in [-0.2, -0.15) is 5.10 Å². The van der Waals surface area contributed by atoms with Gasteiger partial charge in [0.1, 0.15) is 22.5 Å². The van der Waals surface area contributed by atoms with Crippen LogP contribution in [0, 0.1) is 0 Å². The highest BCUT2D eigenvalue weighted by atomic mass is 35.5. The summed E-state index contributed by atoms with van der Waals surface area (Å²) in [5.41, 5.74) is 1.90. The summed E-state index contributed by atoms with van der Waals surface area (Å²) in [5, 5.41) is 9.23. The van der Waals surface area contributed by atoms with Crippen LogP contribution < -0.4 is 14.8 Å². The summed E-state index contributed by atoms with van der Waals surface area (Å²) >= 11 is 6.30. The van der Waals surface area contributed by atoms with E-state index in [9.17, 15) is 0 Å². The molecular weight excluding hydrogens is 380 g/mol. The van der Waals surface area contributed by atoms with Crippen LogP contribution in [-0.2, 0) is 11.3 Å². The van der Waals surface area contributed by atoms with Gasteiger partial charge in [-0.05, 0) is 31.4 Å². The van der Waals surface area contributed by atoms with Gasteiger partial charge in [-0.25, -0.2) is 9.67 Å². The predicted molar refractivity (Wildman–Crippen MR) is 108 cm³/mol. The van der Waals surface area contributed by atoms with Crippen LogP contribution in [-0.4, -0.2) is 35.6 Å². The zero-order valence-corrected chi connectivity index (χ0v) is 16.7. The molecule has 0 amide bonds. The van der Waals surface area contributed by atoms with Gasteiger partial charge < -0.3 is 19.5 Å². The average Bonchev–Trinajstić information content (AvgIpc) is 3.16. The zero-order chi connectivity index (χ0) is 19.5. The Morgan fingerprint density at radius 2 is 2.14 bits per heavy atom. The predicted octanol–water partition coefficient (Wildman–Crippen LogP) is 4.41. The van der Waals surface area contributed by atoms with Crippen molar-refractivity contribution < 1.29 is 14.2 Å². The Balaban J connectivity index is 1.61. The van der Waals surface area contributed by atoms with Crippen LogP contribution in [0.4, 0.5) is 5.82 Å². The summed E-state index contributed by atoms with van der Waals surface area (Å²) in [6.07, 6.45) is 4.92. The number of nitrogens with one attached hydrogen (secondary N) is 1. The molecule has 0 spiro atoms. The normalized spacial score (nSPS) is 16.9. The number of pyridine rings is 1. The largest absolute Gasteiger partial charge is 0.497 e. The lowest BCUT2D eigenvalue weighted by atomic mass is 10.2. The molecule has 8 heteroatoms. The number of aromatic nitrogens is 3. The second-order valence-corrected chi connectivity index (χ2v) is 7.06. The molecule has 28 heavy (non-hydrogen) atoms. The number of methoxy groups -OCH3 is 2. The van der Waals surface area contributed by atoms with Crippen LogP contribution in [0.5, 0.6) is 11.5 Å². The van der Waals surface area contributed by atoms with Crippen molar-refractivity contribution in [2.45, 2.75) is 32.0 Å². The molecule has 2 aromatic heterocycles. The molecule has 7 nitrogen and oxygen atoms in total. The minimum atomic E-state index is -0.0563. The second-order valence-electron chi connectivity index (χ2n) is 6.67. The number of hydrogen-bond donors (Lipinski definition) is 1. The molecule has 3 heterocycles. The third kappa shape index (κ3) is 3.72. The van der Waals surface area contributed by atoms with E-state index in [-0.39, 0.29) is 6.23 Å². The number of anilines is 1. The molecule has 148 valence electrons. The Hall–Kier alpha value is -2.51. The maximum atomic E-state index is 6.30.